The molecule has 0 unspecified atom stereocenters. The third kappa shape index (κ3) is 2.82. The Labute approximate surface area is 120 Å². The van der Waals surface area contributed by atoms with E-state index in [0.717, 1.165) is 6.07 Å². The summed E-state index contributed by atoms with van der Waals surface area (Å²) in [4.78, 5) is 10.6. The first-order valence-electron chi connectivity index (χ1n) is 6.06. The van der Waals surface area contributed by atoms with Crippen molar-refractivity contribution in [2.75, 3.05) is 0 Å². The first-order valence-corrected chi connectivity index (χ1v) is 6.06. The number of nitrogens with zero attached hydrogens (tertiary/aromatic N) is 2. The first-order chi connectivity index (χ1) is 9.93. The van der Waals surface area contributed by atoms with Crippen LogP contribution in [-0.2, 0) is 0 Å². The molecule has 0 aliphatic heterocycles. The number of hydrogen-bond acceptors (Lipinski definition) is 4. The molecule has 106 valence electrons. The molecule has 0 fully saturated rings. The van der Waals surface area contributed by atoms with E-state index in [2.05, 4.69) is 0 Å². The van der Waals surface area contributed by atoms with Crippen molar-refractivity contribution in [2.45, 2.75) is 13.8 Å². The summed E-state index contributed by atoms with van der Waals surface area (Å²) in [6, 6.07) is 8.67. The van der Waals surface area contributed by atoms with Gasteiger partial charge < -0.3 is 4.74 Å². The lowest BCUT2D eigenvalue weighted by molar-refractivity contribution is -0.385. The van der Waals surface area contributed by atoms with E-state index >= 15 is 0 Å². The van der Waals surface area contributed by atoms with E-state index < -0.39 is 10.7 Å². The highest BCUT2D eigenvalue weighted by atomic mass is 19.1. The molecule has 21 heavy (non-hydrogen) atoms. The van der Waals surface area contributed by atoms with E-state index in [1.54, 1.807) is 26.0 Å². The molecule has 0 N–H and O–H groups in total. The van der Waals surface area contributed by atoms with Crippen molar-refractivity contribution >= 4 is 5.69 Å². The van der Waals surface area contributed by atoms with E-state index in [9.17, 15) is 14.5 Å². The maximum absolute atomic E-state index is 13.5. The number of nitriles is 1. The summed E-state index contributed by atoms with van der Waals surface area (Å²) in [6.45, 7) is 3.38. The lowest BCUT2D eigenvalue weighted by Crippen LogP contribution is -1.98. The molecule has 0 radical (unpaired) electrons. The maximum atomic E-state index is 13.5. The molecule has 6 heteroatoms. The highest BCUT2D eigenvalue weighted by molar-refractivity contribution is 5.57. The van der Waals surface area contributed by atoms with Crippen LogP contribution in [0.5, 0.6) is 11.5 Å². The number of ether oxygens (including phenoxy) is 1. The molecular weight excluding hydrogens is 275 g/mol. The van der Waals surface area contributed by atoms with Gasteiger partial charge in [0.15, 0.2) is 0 Å². The van der Waals surface area contributed by atoms with E-state index in [-0.39, 0.29) is 22.7 Å². The van der Waals surface area contributed by atoms with E-state index in [0.29, 0.717) is 11.1 Å². The minimum absolute atomic E-state index is 0.00713. The Hall–Kier alpha value is -2.94. The van der Waals surface area contributed by atoms with Crippen molar-refractivity contribution in [1.29, 1.82) is 5.26 Å². The average Bonchev–Trinajstić information content (AvgIpc) is 2.41. The number of halogens is 1. The van der Waals surface area contributed by atoms with Crippen molar-refractivity contribution in [3.8, 4) is 17.6 Å². The van der Waals surface area contributed by atoms with Gasteiger partial charge >= 0.3 is 5.69 Å². The summed E-state index contributed by atoms with van der Waals surface area (Å²) >= 11 is 0. The second-order valence-corrected chi connectivity index (χ2v) is 4.51. The number of aryl methyl sites for hydroxylation is 2. The highest BCUT2D eigenvalue weighted by Gasteiger charge is 2.21. The van der Waals surface area contributed by atoms with E-state index in [4.69, 9.17) is 10.00 Å². The Balaban J connectivity index is 2.58. The lowest BCUT2D eigenvalue weighted by Gasteiger charge is -2.11. The van der Waals surface area contributed by atoms with Gasteiger partial charge in [0.1, 0.15) is 23.2 Å². The van der Waals surface area contributed by atoms with Crippen molar-refractivity contribution in [2.24, 2.45) is 0 Å². The Morgan fingerprint density at radius 3 is 2.67 bits per heavy atom. The quantitative estimate of drug-likeness (QED) is 0.630. The largest absolute Gasteiger partial charge is 0.448 e. The highest BCUT2D eigenvalue weighted by Crippen LogP contribution is 2.37. The van der Waals surface area contributed by atoms with Gasteiger partial charge in [0.05, 0.1) is 4.92 Å². The summed E-state index contributed by atoms with van der Waals surface area (Å²) in [5, 5.41) is 20.1. The Kier molecular flexibility index (Phi) is 3.85. The van der Waals surface area contributed by atoms with Crippen LogP contribution in [0.25, 0.3) is 0 Å². The molecule has 0 atom stereocenters. The van der Waals surface area contributed by atoms with Crippen LogP contribution in [0.2, 0.25) is 0 Å². The fourth-order valence-corrected chi connectivity index (χ4v) is 2.01. The molecule has 2 rings (SSSR count). The predicted octanol–water partition coefficient (Wildman–Crippen LogP) is 4.01. The summed E-state index contributed by atoms with van der Waals surface area (Å²) in [6.07, 6.45) is 0. The third-order valence-electron chi connectivity index (χ3n) is 2.90. The zero-order valence-electron chi connectivity index (χ0n) is 11.4. The SMILES string of the molecule is Cc1cc(C)c(Oc2cccc(F)c2C#N)c([N+](=O)[O-])c1. The molecule has 5 nitrogen and oxygen atoms in total. The van der Waals surface area contributed by atoms with Crippen LogP contribution in [0.15, 0.2) is 30.3 Å². The summed E-state index contributed by atoms with van der Waals surface area (Å²) in [7, 11) is 0. The average molecular weight is 286 g/mol. The van der Waals surface area contributed by atoms with Gasteiger partial charge in [-0.3, -0.25) is 10.1 Å². The second kappa shape index (κ2) is 5.59. The molecular formula is C15H11FN2O3. The van der Waals surface area contributed by atoms with Crippen LogP contribution in [0.4, 0.5) is 10.1 Å². The predicted molar refractivity (Wildman–Crippen MR) is 73.8 cm³/mol. The Morgan fingerprint density at radius 1 is 1.33 bits per heavy atom. The van der Waals surface area contributed by atoms with Crippen molar-refractivity contribution in [1.82, 2.24) is 0 Å². The lowest BCUT2D eigenvalue weighted by atomic mass is 10.1. The first kappa shape index (κ1) is 14.5. The van der Waals surface area contributed by atoms with Crippen LogP contribution in [0, 0.1) is 41.1 Å². The second-order valence-electron chi connectivity index (χ2n) is 4.51. The molecule has 0 aliphatic carbocycles. The van der Waals surface area contributed by atoms with Gasteiger partial charge in [-0.1, -0.05) is 12.1 Å². The molecule has 0 saturated heterocycles. The molecule has 0 aliphatic rings. The molecule has 2 aromatic rings. The fraction of sp³-hybridized carbons (Fsp3) is 0.133. The number of rotatable bonds is 3. The topological polar surface area (TPSA) is 76.2 Å². The number of hydrogen-bond donors (Lipinski definition) is 0. The van der Waals surface area contributed by atoms with Gasteiger partial charge in [-0.05, 0) is 37.1 Å². The number of nitro benzene ring substituents is 1. The van der Waals surface area contributed by atoms with Gasteiger partial charge in [0.25, 0.3) is 0 Å². The monoisotopic (exact) mass is 286 g/mol. The molecule has 0 saturated carbocycles. The normalized spacial score (nSPS) is 10.0. The molecule has 0 amide bonds. The van der Waals surface area contributed by atoms with Crippen LogP contribution < -0.4 is 4.74 Å². The van der Waals surface area contributed by atoms with E-state index in [1.807, 2.05) is 0 Å². The van der Waals surface area contributed by atoms with Gasteiger partial charge in [-0.15, -0.1) is 0 Å². The Bertz CT molecular complexity index is 766. The van der Waals surface area contributed by atoms with Crippen LogP contribution in [0.1, 0.15) is 16.7 Å². The Morgan fingerprint density at radius 2 is 2.05 bits per heavy atom. The van der Waals surface area contributed by atoms with Gasteiger partial charge in [0.2, 0.25) is 5.75 Å². The zero-order chi connectivity index (χ0) is 15.6. The fourth-order valence-electron chi connectivity index (χ4n) is 2.01. The maximum Gasteiger partial charge on any atom is 0.312 e. The van der Waals surface area contributed by atoms with Gasteiger partial charge in [-0.2, -0.15) is 5.26 Å². The summed E-state index contributed by atoms with van der Waals surface area (Å²) < 4.78 is 19.0. The van der Waals surface area contributed by atoms with Crippen molar-refractivity contribution < 1.29 is 14.1 Å². The molecule has 0 aromatic heterocycles. The van der Waals surface area contributed by atoms with Crippen LogP contribution in [-0.4, -0.2) is 4.92 Å². The molecule has 0 spiro atoms. The summed E-state index contributed by atoms with van der Waals surface area (Å²) in [5.41, 5.74) is 0.744. The number of nitro groups is 1. The van der Waals surface area contributed by atoms with Crippen LogP contribution >= 0.6 is 0 Å². The summed E-state index contributed by atoms with van der Waals surface area (Å²) in [5.74, 6) is -0.775. The van der Waals surface area contributed by atoms with Gasteiger partial charge in [0, 0.05) is 6.07 Å². The standard InChI is InChI=1S/C15H11FN2O3/c1-9-6-10(2)15(13(7-9)18(19)20)21-14-5-3-4-12(16)11(14)8-17/h3-7H,1-2H3. The molecule has 0 bridgehead atoms. The smallest absolute Gasteiger partial charge is 0.312 e. The van der Waals surface area contributed by atoms with Crippen molar-refractivity contribution in [3.05, 3.63) is 63.0 Å². The van der Waals surface area contributed by atoms with Crippen molar-refractivity contribution in [3.63, 3.8) is 0 Å². The third-order valence-corrected chi connectivity index (χ3v) is 2.90. The number of benzene rings is 2. The minimum atomic E-state index is -0.734. The molecule has 2 aromatic carbocycles. The van der Waals surface area contributed by atoms with E-state index in [1.165, 1.54) is 18.2 Å². The van der Waals surface area contributed by atoms with Crippen LogP contribution in [0.3, 0.4) is 0 Å². The van der Waals surface area contributed by atoms with Gasteiger partial charge in [-0.25, -0.2) is 4.39 Å². The minimum Gasteiger partial charge on any atom is -0.448 e. The zero-order valence-corrected chi connectivity index (χ0v) is 11.4. The molecule has 0 heterocycles.